The fourth-order valence-electron chi connectivity index (χ4n) is 1.38. The van der Waals surface area contributed by atoms with E-state index in [-0.39, 0.29) is 17.4 Å². The van der Waals surface area contributed by atoms with Crippen molar-refractivity contribution >= 4 is 17.7 Å². The maximum Gasteiger partial charge on any atom is 0.338 e. The predicted molar refractivity (Wildman–Crippen MR) is 63.1 cm³/mol. The number of hydrogen-bond donors (Lipinski definition) is 2. The molecule has 1 atom stereocenters. The van der Waals surface area contributed by atoms with Crippen LogP contribution in [0.25, 0.3) is 0 Å². The summed E-state index contributed by atoms with van der Waals surface area (Å²) >= 11 is 1.28. The number of aromatic carboxylic acids is 1. The van der Waals surface area contributed by atoms with Gasteiger partial charge in [-0.1, -0.05) is 6.92 Å². The summed E-state index contributed by atoms with van der Waals surface area (Å²) in [7, 11) is 0. The van der Waals surface area contributed by atoms with Gasteiger partial charge in [0.2, 0.25) is 0 Å². The molecule has 1 heterocycles. The standard InChI is InChI=1S/C11H15NO3S/c1-6-4-7(2)12-10(9(6)11(14)15)16-8(3)5-13/h4,8,13H,5H2,1-3H3,(H,14,15). The molecule has 0 fully saturated rings. The van der Waals surface area contributed by atoms with Crippen LogP contribution in [0, 0.1) is 13.8 Å². The summed E-state index contributed by atoms with van der Waals surface area (Å²) in [4.78, 5) is 15.3. The molecule has 0 aliphatic carbocycles. The highest BCUT2D eigenvalue weighted by molar-refractivity contribution is 7.99. The molecule has 1 aromatic heterocycles. The van der Waals surface area contributed by atoms with Gasteiger partial charge < -0.3 is 10.2 Å². The molecule has 1 aromatic rings. The number of carbonyl (C=O) groups is 1. The van der Waals surface area contributed by atoms with Gasteiger partial charge in [0.25, 0.3) is 0 Å². The van der Waals surface area contributed by atoms with Crippen LogP contribution >= 0.6 is 11.8 Å². The van der Waals surface area contributed by atoms with Gasteiger partial charge in [-0.05, 0) is 25.5 Å². The minimum Gasteiger partial charge on any atom is -0.478 e. The molecule has 5 heteroatoms. The first-order valence-electron chi connectivity index (χ1n) is 4.94. The lowest BCUT2D eigenvalue weighted by molar-refractivity contribution is 0.0691. The summed E-state index contributed by atoms with van der Waals surface area (Å²) in [5.41, 5.74) is 1.72. The Morgan fingerprint density at radius 2 is 2.19 bits per heavy atom. The SMILES string of the molecule is Cc1cc(C)c(C(=O)O)c(SC(C)CO)n1. The van der Waals surface area contributed by atoms with Crippen LogP contribution in [0.3, 0.4) is 0 Å². The summed E-state index contributed by atoms with van der Waals surface area (Å²) in [6.07, 6.45) is 0. The Morgan fingerprint density at radius 1 is 1.56 bits per heavy atom. The van der Waals surface area contributed by atoms with Gasteiger partial charge in [-0.2, -0.15) is 0 Å². The van der Waals surface area contributed by atoms with Gasteiger partial charge in [-0.15, -0.1) is 11.8 Å². The average Bonchev–Trinajstić information content (AvgIpc) is 2.15. The zero-order valence-corrected chi connectivity index (χ0v) is 10.3. The molecule has 2 N–H and O–H groups in total. The highest BCUT2D eigenvalue weighted by Crippen LogP contribution is 2.27. The van der Waals surface area contributed by atoms with Gasteiger partial charge in [0.05, 0.1) is 12.2 Å². The largest absolute Gasteiger partial charge is 0.478 e. The van der Waals surface area contributed by atoms with E-state index >= 15 is 0 Å². The number of aliphatic hydroxyl groups excluding tert-OH is 1. The Kier molecular flexibility index (Phi) is 4.32. The predicted octanol–water partition coefficient (Wildman–Crippen LogP) is 1.87. The maximum absolute atomic E-state index is 11.1. The van der Waals surface area contributed by atoms with Crippen molar-refractivity contribution in [1.82, 2.24) is 4.98 Å². The number of hydrogen-bond acceptors (Lipinski definition) is 4. The summed E-state index contributed by atoms with van der Waals surface area (Å²) in [5.74, 6) is -0.974. The highest BCUT2D eigenvalue weighted by Gasteiger charge is 2.17. The lowest BCUT2D eigenvalue weighted by atomic mass is 10.1. The summed E-state index contributed by atoms with van der Waals surface area (Å²) in [6.45, 7) is 5.41. The Bertz CT molecular complexity index is 406. The van der Waals surface area contributed by atoms with E-state index in [2.05, 4.69) is 4.98 Å². The summed E-state index contributed by atoms with van der Waals surface area (Å²) < 4.78 is 0. The Morgan fingerprint density at radius 3 is 2.69 bits per heavy atom. The second kappa shape index (κ2) is 5.32. The van der Waals surface area contributed by atoms with Crippen molar-refractivity contribution in [3.8, 4) is 0 Å². The second-order valence-corrected chi connectivity index (χ2v) is 5.10. The monoisotopic (exact) mass is 241 g/mol. The van der Waals surface area contributed by atoms with E-state index in [1.807, 2.05) is 13.8 Å². The first-order valence-corrected chi connectivity index (χ1v) is 5.82. The summed E-state index contributed by atoms with van der Waals surface area (Å²) in [6, 6.07) is 1.75. The normalized spacial score (nSPS) is 12.5. The topological polar surface area (TPSA) is 70.4 Å². The van der Waals surface area contributed by atoms with E-state index in [4.69, 9.17) is 10.2 Å². The number of aryl methyl sites for hydroxylation is 2. The fourth-order valence-corrected chi connectivity index (χ4v) is 2.39. The third-order valence-electron chi connectivity index (χ3n) is 2.10. The van der Waals surface area contributed by atoms with Crippen LogP contribution in [-0.4, -0.2) is 33.0 Å². The van der Waals surface area contributed by atoms with Crippen LogP contribution in [0.1, 0.15) is 28.5 Å². The van der Waals surface area contributed by atoms with Crippen molar-refractivity contribution in [2.75, 3.05) is 6.61 Å². The lowest BCUT2D eigenvalue weighted by Crippen LogP contribution is -2.09. The van der Waals surface area contributed by atoms with Gasteiger partial charge in [-0.3, -0.25) is 0 Å². The molecule has 0 saturated carbocycles. The van der Waals surface area contributed by atoms with Crippen molar-refractivity contribution in [2.24, 2.45) is 0 Å². The Labute approximate surface area is 98.7 Å². The molecule has 1 rings (SSSR count). The van der Waals surface area contributed by atoms with Gasteiger partial charge in [0.1, 0.15) is 5.03 Å². The maximum atomic E-state index is 11.1. The van der Waals surface area contributed by atoms with E-state index in [0.717, 1.165) is 5.69 Å². The number of aliphatic hydroxyl groups is 1. The first kappa shape index (κ1) is 13.0. The molecule has 0 amide bonds. The van der Waals surface area contributed by atoms with Gasteiger partial charge in [0.15, 0.2) is 0 Å². The van der Waals surface area contributed by atoms with Crippen molar-refractivity contribution in [3.63, 3.8) is 0 Å². The van der Waals surface area contributed by atoms with E-state index in [1.54, 1.807) is 13.0 Å². The van der Waals surface area contributed by atoms with Gasteiger partial charge in [-0.25, -0.2) is 9.78 Å². The lowest BCUT2D eigenvalue weighted by Gasteiger charge is -2.12. The fraction of sp³-hybridized carbons (Fsp3) is 0.455. The van der Waals surface area contributed by atoms with Gasteiger partial charge >= 0.3 is 5.97 Å². The molecule has 16 heavy (non-hydrogen) atoms. The molecule has 4 nitrogen and oxygen atoms in total. The Balaban J connectivity index is 3.19. The number of rotatable bonds is 4. The van der Waals surface area contributed by atoms with Gasteiger partial charge in [0, 0.05) is 10.9 Å². The van der Waals surface area contributed by atoms with Crippen molar-refractivity contribution in [1.29, 1.82) is 0 Å². The minimum atomic E-state index is -0.974. The molecule has 88 valence electrons. The quantitative estimate of drug-likeness (QED) is 0.787. The third-order valence-corrected chi connectivity index (χ3v) is 3.17. The van der Waals surface area contributed by atoms with E-state index in [9.17, 15) is 4.79 Å². The molecule has 0 saturated heterocycles. The van der Waals surface area contributed by atoms with Crippen molar-refractivity contribution in [2.45, 2.75) is 31.0 Å². The van der Waals surface area contributed by atoms with Crippen molar-refractivity contribution in [3.05, 3.63) is 22.9 Å². The molecule has 0 aliphatic heterocycles. The zero-order chi connectivity index (χ0) is 12.3. The molecule has 0 radical (unpaired) electrons. The smallest absolute Gasteiger partial charge is 0.338 e. The molecule has 0 aromatic carbocycles. The van der Waals surface area contributed by atoms with Crippen LogP contribution in [0.15, 0.2) is 11.1 Å². The van der Waals surface area contributed by atoms with E-state index < -0.39 is 5.97 Å². The minimum absolute atomic E-state index is 0.00159. The van der Waals surface area contributed by atoms with Crippen LogP contribution in [0.5, 0.6) is 0 Å². The van der Waals surface area contributed by atoms with Crippen molar-refractivity contribution < 1.29 is 15.0 Å². The Hall–Kier alpha value is -1.07. The molecule has 0 aliphatic rings. The average molecular weight is 241 g/mol. The number of carboxylic acid groups (broad SMARTS) is 1. The van der Waals surface area contributed by atoms with Crippen LogP contribution < -0.4 is 0 Å². The zero-order valence-electron chi connectivity index (χ0n) is 9.52. The number of carboxylic acids is 1. The number of aromatic nitrogens is 1. The number of nitrogens with zero attached hydrogens (tertiary/aromatic N) is 1. The molecule has 0 bridgehead atoms. The van der Waals surface area contributed by atoms with Crippen LogP contribution in [0.2, 0.25) is 0 Å². The van der Waals surface area contributed by atoms with Crippen LogP contribution in [0.4, 0.5) is 0 Å². The number of thioether (sulfide) groups is 1. The molecule has 0 spiro atoms. The summed E-state index contributed by atoms with van der Waals surface area (Å²) in [5, 5.41) is 18.5. The molecular formula is C11H15NO3S. The second-order valence-electron chi connectivity index (χ2n) is 3.68. The van der Waals surface area contributed by atoms with E-state index in [0.29, 0.717) is 10.6 Å². The first-order chi connectivity index (χ1) is 7.45. The third kappa shape index (κ3) is 2.96. The molecular weight excluding hydrogens is 226 g/mol. The van der Waals surface area contributed by atoms with E-state index in [1.165, 1.54) is 11.8 Å². The number of pyridine rings is 1. The highest BCUT2D eigenvalue weighted by atomic mass is 32.2. The van der Waals surface area contributed by atoms with Crippen LogP contribution in [-0.2, 0) is 0 Å². The molecule has 1 unspecified atom stereocenters.